The maximum absolute atomic E-state index is 4.77. The van der Waals surface area contributed by atoms with E-state index in [0.717, 1.165) is 17.1 Å². The van der Waals surface area contributed by atoms with Crippen LogP contribution in [-0.2, 0) is 12.8 Å². The number of thiazole rings is 2. The van der Waals surface area contributed by atoms with Gasteiger partial charge in [-0.1, -0.05) is 0 Å². The molecule has 90 valence electrons. The number of rotatable bonds is 3. The van der Waals surface area contributed by atoms with Crippen molar-refractivity contribution in [3.63, 3.8) is 0 Å². The van der Waals surface area contributed by atoms with Crippen molar-refractivity contribution in [2.45, 2.75) is 32.2 Å². The summed E-state index contributed by atoms with van der Waals surface area (Å²) < 4.78 is 0. The fourth-order valence-electron chi connectivity index (χ4n) is 2.24. The fraction of sp³-hybridized carbons (Fsp3) is 0.500. The molecule has 3 nitrogen and oxygen atoms in total. The van der Waals surface area contributed by atoms with Crippen molar-refractivity contribution in [2.24, 2.45) is 0 Å². The Labute approximate surface area is 109 Å². The molecule has 1 aliphatic rings. The molecule has 0 bridgehead atoms. The van der Waals surface area contributed by atoms with Crippen molar-refractivity contribution in [1.82, 2.24) is 15.3 Å². The van der Waals surface area contributed by atoms with E-state index in [2.05, 4.69) is 15.7 Å². The molecule has 2 aromatic rings. The molecule has 0 aromatic carbocycles. The predicted molar refractivity (Wildman–Crippen MR) is 71.9 cm³/mol. The molecule has 3 rings (SSSR count). The first-order valence-corrected chi connectivity index (χ1v) is 7.55. The standard InChI is InChI=1S/C12H15N3S2/c1-7-14-9(6-16-7)11(13-2)12-15-8-4-3-5-10(8)17-12/h6,11,13H,3-5H2,1-2H3. The molecule has 0 saturated heterocycles. The topological polar surface area (TPSA) is 37.8 Å². The predicted octanol–water partition coefficient (Wildman–Crippen LogP) is 2.71. The average molecular weight is 265 g/mol. The van der Waals surface area contributed by atoms with E-state index in [9.17, 15) is 0 Å². The number of aryl methyl sites for hydroxylation is 3. The van der Waals surface area contributed by atoms with E-state index in [1.807, 2.05) is 25.3 Å². The second-order valence-corrected chi connectivity index (χ2v) is 6.47. The van der Waals surface area contributed by atoms with Crippen LogP contribution in [-0.4, -0.2) is 17.0 Å². The van der Waals surface area contributed by atoms with E-state index in [1.165, 1.54) is 28.4 Å². The Morgan fingerprint density at radius 1 is 1.35 bits per heavy atom. The van der Waals surface area contributed by atoms with Crippen LogP contribution in [0.3, 0.4) is 0 Å². The van der Waals surface area contributed by atoms with Gasteiger partial charge in [-0.2, -0.15) is 0 Å². The molecule has 0 fully saturated rings. The fourth-order valence-corrected chi connectivity index (χ4v) is 4.16. The molecule has 17 heavy (non-hydrogen) atoms. The molecular formula is C12H15N3S2. The Bertz CT molecular complexity index is 508. The smallest absolute Gasteiger partial charge is 0.116 e. The maximum atomic E-state index is 4.77. The highest BCUT2D eigenvalue weighted by atomic mass is 32.1. The lowest BCUT2D eigenvalue weighted by Gasteiger charge is -2.10. The van der Waals surface area contributed by atoms with Crippen molar-refractivity contribution in [1.29, 1.82) is 0 Å². The van der Waals surface area contributed by atoms with E-state index < -0.39 is 0 Å². The summed E-state index contributed by atoms with van der Waals surface area (Å²) in [6.07, 6.45) is 3.63. The van der Waals surface area contributed by atoms with Crippen LogP contribution in [0.25, 0.3) is 0 Å². The van der Waals surface area contributed by atoms with E-state index in [0.29, 0.717) is 0 Å². The van der Waals surface area contributed by atoms with Gasteiger partial charge >= 0.3 is 0 Å². The Kier molecular flexibility index (Phi) is 2.98. The monoisotopic (exact) mass is 265 g/mol. The van der Waals surface area contributed by atoms with Gasteiger partial charge in [-0.05, 0) is 33.2 Å². The Hall–Kier alpha value is -0.780. The highest BCUT2D eigenvalue weighted by Gasteiger charge is 2.23. The summed E-state index contributed by atoms with van der Waals surface area (Å²) in [6.45, 7) is 2.04. The summed E-state index contributed by atoms with van der Waals surface area (Å²) in [5.74, 6) is 0. The van der Waals surface area contributed by atoms with E-state index in [-0.39, 0.29) is 6.04 Å². The Balaban J connectivity index is 1.94. The van der Waals surface area contributed by atoms with Crippen LogP contribution in [0.4, 0.5) is 0 Å². The highest BCUT2D eigenvalue weighted by Crippen LogP contribution is 2.33. The quantitative estimate of drug-likeness (QED) is 0.927. The number of hydrogen-bond donors (Lipinski definition) is 1. The molecule has 0 amide bonds. The van der Waals surface area contributed by atoms with Crippen LogP contribution in [0.1, 0.15) is 38.7 Å². The van der Waals surface area contributed by atoms with E-state index >= 15 is 0 Å². The second-order valence-electron chi connectivity index (χ2n) is 4.29. The lowest BCUT2D eigenvalue weighted by molar-refractivity contribution is 0.666. The molecule has 2 heterocycles. The zero-order chi connectivity index (χ0) is 11.8. The number of aromatic nitrogens is 2. The molecule has 0 aliphatic heterocycles. The van der Waals surface area contributed by atoms with Gasteiger partial charge in [-0.15, -0.1) is 22.7 Å². The van der Waals surface area contributed by atoms with Crippen LogP contribution in [0.5, 0.6) is 0 Å². The first kappa shape index (κ1) is 11.3. The summed E-state index contributed by atoms with van der Waals surface area (Å²) in [5, 5.41) is 7.74. The van der Waals surface area contributed by atoms with Gasteiger partial charge in [-0.3, -0.25) is 0 Å². The highest BCUT2D eigenvalue weighted by molar-refractivity contribution is 7.12. The third-order valence-electron chi connectivity index (χ3n) is 3.08. The van der Waals surface area contributed by atoms with E-state index in [4.69, 9.17) is 4.98 Å². The number of nitrogens with one attached hydrogen (secondary N) is 1. The Morgan fingerprint density at radius 3 is 2.88 bits per heavy atom. The van der Waals surface area contributed by atoms with Gasteiger partial charge in [-0.25, -0.2) is 9.97 Å². The molecular weight excluding hydrogens is 250 g/mol. The van der Waals surface area contributed by atoms with Gasteiger partial charge in [0.15, 0.2) is 0 Å². The molecule has 1 aliphatic carbocycles. The zero-order valence-electron chi connectivity index (χ0n) is 9.99. The van der Waals surface area contributed by atoms with Crippen molar-refractivity contribution in [3.8, 4) is 0 Å². The summed E-state index contributed by atoms with van der Waals surface area (Å²) >= 11 is 3.55. The van der Waals surface area contributed by atoms with Crippen LogP contribution in [0.15, 0.2) is 5.38 Å². The summed E-state index contributed by atoms with van der Waals surface area (Å²) in [4.78, 5) is 10.8. The minimum absolute atomic E-state index is 0.163. The lowest BCUT2D eigenvalue weighted by atomic mass is 10.2. The SMILES string of the molecule is CNC(c1csc(C)n1)c1nc2c(s1)CCC2. The average Bonchev–Trinajstić information content (AvgIpc) is 2.95. The second kappa shape index (κ2) is 4.48. The first-order chi connectivity index (χ1) is 8.28. The molecule has 1 unspecified atom stereocenters. The van der Waals surface area contributed by atoms with Crippen LogP contribution in [0.2, 0.25) is 0 Å². The van der Waals surface area contributed by atoms with Gasteiger partial charge in [0.2, 0.25) is 0 Å². The molecule has 5 heteroatoms. The van der Waals surface area contributed by atoms with Crippen molar-refractivity contribution < 1.29 is 0 Å². The van der Waals surface area contributed by atoms with Gasteiger partial charge in [0.25, 0.3) is 0 Å². The van der Waals surface area contributed by atoms with E-state index in [1.54, 1.807) is 11.3 Å². The summed E-state index contributed by atoms with van der Waals surface area (Å²) in [7, 11) is 1.98. The van der Waals surface area contributed by atoms with Crippen LogP contribution < -0.4 is 5.32 Å². The number of hydrogen-bond acceptors (Lipinski definition) is 5. The number of nitrogens with zero attached hydrogens (tertiary/aromatic N) is 2. The van der Waals surface area contributed by atoms with Crippen molar-refractivity contribution in [3.05, 3.63) is 31.7 Å². The summed E-state index contributed by atoms with van der Waals surface area (Å²) in [6, 6.07) is 0.163. The molecule has 1 atom stereocenters. The maximum Gasteiger partial charge on any atom is 0.116 e. The van der Waals surface area contributed by atoms with Crippen LogP contribution in [0, 0.1) is 6.92 Å². The minimum Gasteiger partial charge on any atom is -0.306 e. The lowest BCUT2D eigenvalue weighted by Crippen LogP contribution is -2.18. The molecule has 0 radical (unpaired) electrons. The zero-order valence-corrected chi connectivity index (χ0v) is 11.6. The number of fused-ring (bicyclic) bond motifs is 1. The third-order valence-corrected chi connectivity index (χ3v) is 5.09. The van der Waals surface area contributed by atoms with Crippen molar-refractivity contribution in [2.75, 3.05) is 7.05 Å². The third kappa shape index (κ3) is 2.03. The first-order valence-electron chi connectivity index (χ1n) is 5.85. The van der Waals surface area contributed by atoms with Crippen molar-refractivity contribution >= 4 is 22.7 Å². The normalized spacial score (nSPS) is 16.1. The minimum atomic E-state index is 0.163. The molecule has 0 spiro atoms. The molecule has 2 aromatic heterocycles. The van der Waals surface area contributed by atoms with Gasteiger partial charge in [0.1, 0.15) is 11.0 Å². The van der Waals surface area contributed by atoms with Gasteiger partial charge in [0, 0.05) is 10.3 Å². The van der Waals surface area contributed by atoms with Gasteiger partial charge in [0.05, 0.1) is 16.4 Å². The Morgan fingerprint density at radius 2 is 2.24 bits per heavy atom. The molecule has 0 saturated carbocycles. The van der Waals surface area contributed by atoms with Gasteiger partial charge < -0.3 is 5.32 Å². The molecule has 1 N–H and O–H groups in total. The van der Waals surface area contributed by atoms with Crippen LogP contribution >= 0.6 is 22.7 Å². The summed E-state index contributed by atoms with van der Waals surface area (Å²) in [5.41, 5.74) is 2.42. The largest absolute Gasteiger partial charge is 0.306 e.